The summed E-state index contributed by atoms with van der Waals surface area (Å²) in [5.74, 6) is 1.42. The molecule has 0 aromatic heterocycles. The molecule has 2 rings (SSSR count). The van der Waals surface area contributed by atoms with Crippen LogP contribution in [0.25, 0.3) is 0 Å². The fourth-order valence-electron chi connectivity index (χ4n) is 3.02. The number of thioether (sulfide) groups is 1. The second-order valence-electron chi connectivity index (χ2n) is 6.76. The topological polar surface area (TPSA) is 49.4 Å². The number of carbonyl (C=O) groups is 2. The number of rotatable bonds is 6. The largest absolute Gasteiger partial charge is 0.353 e. The molecule has 4 nitrogen and oxygen atoms in total. The second-order valence-corrected chi connectivity index (χ2v) is 7.89. The van der Waals surface area contributed by atoms with Crippen molar-refractivity contribution in [1.82, 2.24) is 10.2 Å². The zero-order valence-electron chi connectivity index (χ0n) is 14.8. The summed E-state index contributed by atoms with van der Waals surface area (Å²) in [4.78, 5) is 26.0. The number of hydrogen-bond donors (Lipinski definition) is 1. The number of piperidine rings is 1. The van der Waals surface area contributed by atoms with Gasteiger partial charge in [0.1, 0.15) is 0 Å². The molecule has 1 aromatic carbocycles. The molecule has 24 heavy (non-hydrogen) atoms. The first kappa shape index (κ1) is 18.8. The molecule has 1 heterocycles. The summed E-state index contributed by atoms with van der Waals surface area (Å²) in [5.41, 5.74) is 1.25. The molecular formula is C19H28N2O2S. The molecule has 2 amide bonds. The SMILES string of the molecule is CC(=O)NC1CCN(C(=O)[C@@H](SCc2ccccc2)C(C)C)CC1. The van der Waals surface area contributed by atoms with Crippen LogP contribution < -0.4 is 5.32 Å². The standard InChI is InChI=1S/C19H28N2O2S/c1-14(2)18(24-13-16-7-5-4-6-8-16)19(23)21-11-9-17(10-12-21)20-15(3)22/h4-8,14,17-18H,9-13H2,1-3H3,(H,20,22)/t18-/m0/s1. The van der Waals surface area contributed by atoms with E-state index in [2.05, 4.69) is 31.3 Å². The van der Waals surface area contributed by atoms with Gasteiger partial charge in [0.2, 0.25) is 11.8 Å². The Morgan fingerprint density at radius 1 is 1.21 bits per heavy atom. The lowest BCUT2D eigenvalue weighted by molar-refractivity contribution is -0.132. The summed E-state index contributed by atoms with van der Waals surface area (Å²) < 4.78 is 0. The number of amides is 2. The highest BCUT2D eigenvalue weighted by molar-refractivity contribution is 7.99. The summed E-state index contributed by atoms with van der Waals surface area (Å²) in [6, 6.07) is 10.5. The van der Waals surface area contributed by atoms with Crippen LogP contribution in [0.4, 0.5) is 0 Å². The van der Waals surface area contributed by atoms with Gasteiger partial charge in [-0.3, -0.25) is 9.59 Å². The molecule has 1 N–H and O–H groups in total. The minimum Gasteiger partial charge on any atom is -0.353 e. The van der Waals surface area contributed by atoms with Gasteiger partial charge in [-0.15, -0.1) is 11.8 Å². The van der Waals surface area contributed by atoms with E-state index >= 15 is 0 Å². The molecule has 5 heteroatoms. The van der Waals surface area contributed by atoms with Crippen LogP contribution in [0.15, 0.2) is 30.3 Å². The number of nitrogens with one attached hydrogen (secondary N) is 1. The highest BCUT2D eigenvalue weighted by Crippen LogP contribution is 2.27. The van der Waals surface area contributed by atoms with E-state index in [0.29, 0.717) is 5.92 Å². The highest BCUT2D eigenvalue weighted by Gasteiger charge is 2.30. The number of benzene rings is 1. The van der Waals surface area contributed by atoms with Gasteiger partial charge in [-0.1, -0.05) is 44.2 Å². The van der Waals surface area contributed by atoms with Crippen molar-refractivity contribution in [3.05, 3.63) is 35.9 Å². The molecule has 132 valence electrons. The molecular weight excluding hydrogens is 320 g/mol. The first-order valence-electron chi connectivity index (χ1n) is 8.68. The van der Waals surface area contributed by atoms with Gasteiger partial charge in [-0.2, -0.15) is 0 Å². The summed E-state index contributed by atoms with van der Waals surface area (Å²) in [7, 11) is 0. The number of carbonyl (C=O) groups excluding carboxylic acids is 2. The first-order chi connectivity index (χ1) is 11.5. The summed E-state index contributed by atoms with van der Waals surface area (Å²) >= 11 is 1.73. The predicted molar refractivity (Wildman–Crippen MR) is 99.8 cm³/mol. The maximum absolute atomic E-state index is 12.9. The average molecular weight is 349 g/mol. The van der Waals surface area contributed by atoms with Gasteiger partial charge in [-0.05, 0) is 24.3 Å². The fraction of sp³-hybridized carbons (Fsp3) is 0.579. The first-order valence-corrected chi connectivity index (χ1v) is 9.73. The van der Waals surface area contributed by atoms with E-state index < -0.39 is 0 Å². The average Bonchev–Trinajstić information content (AvgIpc) is 2.55. The summed E-state index contributed by atoms with van der Waals surface area (Å²) in [5, 5.41) is 2.95. The number of hydrogen-bond acceptors (Lipinski definition) is 3. The molecule has 0 saturated carbocycles. The van der Waals surface area contributed by atoms with E-state index in [4.69, 9.17) is 0 Å². The Labute approximate surface area is 149 Å². The minimum absolute atomic E-state index is 0.0116. The van der Waals surface area contributed by atoms with Crippen molar-refractivity contribution in [1.29, 1.82) is 0 Å². The van der Waals surface area contributed by atoms with Gasteiger partial charge in [0.15, 0.2) is 0 Å². The second kappa shape index (κ2) is 9.11. The predicted octanol–water partition coefficient (Wildman–Crippen LogP) is 3.07. The van der Waals surface area contributed by atoms with Crippen LogP contribution in [0, 0.1) is 5.92 Å². The van der Waals surface area contributed by atoms with Gasteiger partial charge in [0.25, 0.3) is 0 Å². The van der Waals surface area contributed by atoms with E-state index in [1.807, 2.05) is 23.1 Å². The Balaban J connectivity index is 1.88. The molecule has 1 aliphatic rings. The quantitative estimate of drug-likeness (QED) is 0.859. The van der Waals surface area contributed by atoms with Crippen molar-refractivity contribution in [2.45, 2.75) is 50.7 Å². The fourth-order valence-corrected chi connectivity index (χ4v) is 4.26. The van der Waals surface area contributed by atoms with Gasteiger partial charge in [0.05, 0.1) is 5.25 Å². The van der Waals surface area contributed by atoms with Crippen LogP contribution in [0.3, 0.4) is 0 Å². The third-order valence-electron chi connectivity index (χ3n) is 4.34. The van der Waals surface area contributed by atoms with E-state index in [1.54, 1.807) is 18.7 Å². The Morgan fingerprint density at radius 2 is 1.83 bits per heavy atom. The monoisotopic (exact) mass is 348 g/mol. The van der Waals surface area contributed by atoms with Crippen molar-refractivity contribution in [2.24, 2.45) is 5.92 Å². The molecule has 0 radical (unpaired) electrons. The van der Waals surface area contributed by atoms with Crippen LogP contribution in [0.2, 0.25) is 0 Å². The van der Waals surface area contributed by atoms with Gasteiger partial charge < -0.3 is 10.2 Å². The third kappa shape index (κ3) is 5.55. The molecule has 0 spiro atoms. The van der Waals surface area contributed by atoms with Gasteiger partial charge >= 0.3 is 0 Å². The molecule has 1 fully saturated rings. The van der Waals surface area contributed by atoms with Crippen LogP contribution in [0.5, 0.6) is 0 Å². The van der Waals surface area contributed by atoms with Crippen LogP contribution in [-0.4, -0.2) is 41.1 Å². The van der Waals surface area contributed by atoms with E-state index in [9.17, 15) is 9.59 Å². The molecule has 1 aliphatic heterocycles. The molecule has 1 saturated heterocycles. The number of nitrogens with zero attached hydrogens (tertiary/aromatic N) is 1. The Hall–Kier alpha value is -1.49. The third-order valence-corrected chi connectivity index (χ3v) is 5.94. The Kier molecular flexibility index (Phi) is 7.16. The lowest BCUT2D eigenvalue weighted by atomic mass is 10.0. The normalized spacial score (nSPS) is 16.9. The molecule has 0 aliphatic carbocycles. The molecule has 1 aromatic rings. The Bertz CT molecular complexity index is 540. The van der Waals surface area contributed by atoms with Crippen LogP contribution in [0.1, 0.15) is 39.2 Å². The minimum atomic E-state index is -0.0116. The molecule has 0 bridgehead atoms. The van der Waals surface area contributed by atoms with Crippen molar-refractivity contribution in [2.75, 3.05) is 13.1 Å². The smallest absolute Gasteiger partial charge is 0.235 e. The summed E-state index contributed by atoms with van der Waals surface area (Å²) in [6.45, 7) is 7.25. The van der Waals surface area contributed by atoms with E-state index in [0.717, 1.165) is 31.7 Å². The molecule has 0 unspecified atom stereocenters. The summed E-state index contributed by atoms with van der Waals surface area (Å²) in [6.07, 6.45) is 1.69. The van der Waals surface area contributed by atoms with Crippen LogP contribution in [-0.2, 0) is 15.3 Å². The lowest BCUT2D eigenvalue weighted by Gasteiger charge is -2.35. The maximum atomic E-state index is 12.9. The maximum Gasteiger partial charge on any atom is 0.235 e. The van der Waals surface area contributed by atoms with Gasteiger partial charge in [0, 0.05) is 31.8 Å². The zero-order chi connectivity index (χ0) is 17.5. The van der Waals surface area contributed by atoms with Crippen molar-refractivity contribution in [3.63, 3.8) is 0 Å². The van der Waals surface area contributed by atoms with Crippen molar-refractivity contribution >= 4 is 23.6 Å². The van der Waals surface area contributed by atoms with Crippen molar-refractivity contribution in [3.8, 4) is 0 Å². The number of likely N-dealkylation sites (tertiary alicyclic amines) is 1. The molecule has 1 atom stereocenters. The van der Waals surface area contributed by atoms with E-state index in [1.165, 1.54) is 5.56 Å². The van der Waals surface area contributed by atoms with Crippen molar-refractivity contribution < 1.29 is 9.59 Å². The highest BCUT2D eigenvalue weighted by atomic mass is 32.2. The lowest BCUT2D eigenvalue weighted by Crippen LogP contribution is -2.49. The zero-order valence-corrected chi connectivity index (χ0v) is 15.6. The van der Waals surface area contributed by atoms with Crippen LogP contribution >= 0.6 is 11.8 Å². The van der Waals surface area contributed by atoms with E-state index in [-0.39, 0.29) is 23.1 Å². The van der Waals surface area contributed by atoms with Gasteiger partial charge in [-0.25, -0.2) is 0 Å². The Morgan fingerprint density at radius 3 is 2.38 bits per heavy atom.